The number of nitrogens with zero attached hydrogens (tertiary/aromatic N) is 6. The van der Waals surface area contributed by atoms with Crippen LogP contribution in [0.5, 0.6) is 23.1 Å². The fourth-order valence-electron chi connectivity index (χ4n) is 9.96. The first-order valence-electron chi connectivity index (χ1n) is 28.6. The Bertz CT molecular complexity index is 3870. The zero-order chi connectivity index (χ0) is 65.0. The molecule has 1 aliphatic rings. The van der Waals surface area contributed by atoms with Crippen molar-refractivity contribution in [1.29, 1.82) is 0 Å². The maximum absolute atomic E-state index is 14.4. The molecule has 3 aromatic heterocycles. The highest BCUT2D eigenvalue weighted by molar-refractivity contribution is 7.22. The van der Waals surface area contributed by atoms with Crippen LogP contribution in [0.3, 0.4) is 0 Å². The number of nitrogens with two attached hydrogens (primary N) is 1. The second-order valence-electron chi connectivity index (χ2n) is 22.2. The third-order valence-electron chi connectivity index (χ3n) is 15.3. The summed E-state index contributed by atoms with van der Waals surface area (Å²) in [5, 5.41) is 26.0. The molecule has 19 nitrogen and oxygen atoms in total. The lowest BCUT2D eigenvalue weighted by molar-refractivity contribution is -0.926. The normalized spacial score (nSPS) is 14.2. The van der Waals surface area contributed by atoms with Crippen molar-refractivity contribution in [3.8, 4) is 56.1 Å². The SMILES string of the molecule is COc1ccccc1-c1nccc(COc2ccccc2C[C@@H](Oc2ncnc3sc(-c4ccc(F)cc4)c(-c4ccc(OCCN5CC[N+](C)(Cc6ccc(NC(=O)[C@H](C)NC(=O)[C@@H](N)C(C)C)cc6C)CC5)c(Cl)c4C)c23)C(=O)O)n1.O=C([O-])C(F)(F)F. The molecule has 0 unspecified atom stereocenters. The molecule has 0 saturated carbocycles. The van der Waals surface area contributed by atoms with E-state index in [4.69, 9.17) is 51.2 Å². The lowest BCUT2D eigenvalue weighted by atomic mass is 9.96. The molecular formula is C65H68ClF4N9O10S. The van der Waals surface area contributed by atoms with Gasteiger partial charge < -0.3 is 54.8 Å². The van der Waals surface area contributed by atoms with Crippen LogP contribution in [-0.4, -0.2) is 136 Å². The Balaban J connectivity index is 0.00000141. The minimum atomic E-state index is -5.19. The highest BCUT2D eigenvalue weighted by Gasteiger charge is 2.32. The first kappa shape index (κ1) is 67.1. The van der Waals surface area contributed by atoms with Gasteiger partial charge in [0.25, 0.3) is 0 Å². The topological polar surface area (TPSA) is 253 Å². The zero-order valence-electron chi connectivity index (χ0n) is 50.4. The van der Waals surface area contributed by atoms with E-state index in [0.717, 1.165) is 53.2 Å². The van der Waals surface area contributed by atoms with Gasteiger partial charge in [0.15, 0.2) is 5.82 Å². The number of thiophene rings is 1. The van der Waals surface area contributed by atoms with Crippen molar-refractivity contribution >= 4 is 62.6 Å². The van der Waals surface area contributed by atoms with E-state index in [0.29, 0.717) is 90.7 Å². The van der Waals surface area contributed by atoms with E-state index in [1.54, 1.807) is 56.6 Å². The van der Waals surface area contributed by atoms with Crippen LogP contribution >= 0.6 is 22.9 Å². The standard InChI is InChI=1S/C63H67ClFN9O8S.C2HF3O2/c1-37(2)56(66)60(76)70-40(5)59(75)72-45-21-18-43(38(3)32-45)34-74(6)29-26-73(27-30-74)28-31-80-51-23-22-47(39(4)55(51)64)53-54-61(68-36-69-62(54)83-57(53)41-16-19-44(65)20-17-41)82-52(63(77)78)33-42-12-8-10-14-49(42)81-35-46-24-25-67-58(71-46)48-13-9-11-15-50(48)79-7;3-2(4,5)1(6)7/h8-25,32,36-37,40,52,56H,26-31,33-35,66H2,1-7H3,(H2-,70,72,75,76,77,78);(H,6,7)/t40-,52+,56-;/m0./s1. The van der Waals surface area contributed by atoms with E-state index in [-0.39, 0.29) is 36.6 Å². The number of carboxylic acids is 2. The average Bonchev–Trinajstić information content (AvgIpc) is 1.60. The molecule has 5 aromatic carbocycles. The summed E-state index contributed by atoms with van der Waals surface area (Å²) >= 11 is 8.56. The predicted molar refractivity (Wildman–Crippen MR) is 331 cm³/mol. The number of piperazine rings is 1. The van der Waals surface area contributed by atoms with Gasteiger partial charge in [0.1, 0.15) is 66.0 Å². The lowest BCUT2D eigenvalue weighted by Gasteiger charge is -2.42. The number of carboxylic acid groups (broad SMARTS) is 2. The second-order valence-corrected chi connectivity index (χ2v) is 23.5. The number of carbonyl (C=O) groups is 4. The fourth-order valence-corrected chi connectivity index (χ4v) is 11.3. The Kier molecular flexibility index (Phi) is 22.1. The molecule has 25 heteroatoms. The minimum Gasteiger partial charge on any atom is -0.542 e. The van der Waals surface area contributed by atoms with Gasteiger partial charge in [-0.15, -0.1) is 11.3 Å². The first-order chi connectivity index (χ1) is 42.8. The minimum absolute atomic E-state index is 0.0483. The number of para-hydroxylation sites is 2. The third-order valence-corrected chi connectivity index (χ3v) is 16.9. The molecular weight excluding hydrogens is 1210 g/mol. The molecule has 474 valence electrons. The van der Waals surface area contributed by atoms with Crippen molar-refractivity contribution in [1.82, 2.24) is 30.2 Å². The van der Waals surface area contributed by atoms with E-state index in [9.17, 15) is 37.1 Å². The number of amides is 2. The number of likely N-dealkylation sites (N-methyl/N-ethyl adjacent to an activating group) is 1. The third kappa shape index (κ3) is 16.9. The Morgan fingerprint density at radius 1 is 0.856 bits per heavy atom. The predicted octanol–water partition coefficient (Wildman–Crippen LogP) is 9.62. The number of benzene rings is 5. The molecule has 0 spiro atoms. The van der Waals surface area contributed by atoms with Crippen LogP contribution in [0.2, 0.25) is 5.02 Å². The monoisotopic (exact) mass is 1280 g/mol. The largest absolute Gasteiger partial charge is 0.542 e. The van der Waals surface area contributed by atoms with Crippen LogP contribution in [0.15, 0.2) is 122 Å². The number of anilines is 1. The van der Waals surface area contributed by atoms with Crippen LogP contribution in [-0.2, 0) is 38.8 Å². The van der Waals surface area contributed by atoms with E-state index in [1.165, 1.54) is 35.4 Å². The summed E-state index contributed by atoms with van der Waals surface area (Å²) in [5.74, 6) is -3.23. The van der Waals surface area contributed by atoms with Crippen molar-refractivity contribution in [2.45, 2.75) is 78.6 Å². The van der Waals surface area contributed by atoms with E-state index < -0.39 is 42.1 Å². The number of aliphatic carboxylic acids is 2. The molecule has 0 bridgehead atoms. The van der Waals surface area contributed by atoms with Crippen molar-refractivity contribution in [2.75, 3.05) is 58.8 Å². The van der Waals surface area contributed by atoms with Crippen LogP contribution in [0.25, 0.3) is 43.2 Å². The molecule has 0 aliphatic carbocycles. The smallest absolute Gasteiger partial charge is 0.430 e. The van der Waals surface area contributed by atoms with E-state index in [2.05, 4.69) is 43.6 Å². The van der Waals surface area contributed by atoms with E-state index in [1.807, 2.05) is 82.3 Å². The van der Waals surface area contributed by atoms with Crippen molar-refractivity contribution in [3.63, 3.8) is 0 Å². The summed E-state index contributed by atoms with van der Waals surface area (Å²) in [5.41, 5.74) is 13.6. The van der Waals surface area contributed by atoms with Gasteiger partial charge in [0.05, 0.1) is 55.0 Å². The maximum atomic E-state index is 14.4. The van der Waals surface area contributed by atoms with Gasteiger partial charge >= 0.3 is 12.1 Å². The number of carbonyl (C=O) groups excluding carboxylic acids is 3. The fraction of sp³-hybridized carbons (Fsp3) is 0.323. The van der Waals surface area contributed by atoms with Gasteiger partial charge in [-0.2, -0.15) is 13.2 Å². The average molecular weight is 1280 g/mol. The number of fused-ring (bicyclic) bond motifs is 1. The molecule has 9 rings (SSSR count). The molecule has 2 amide bonds. The van der Waals surface area contributed by atoms with Gasteiger partial charge in [-0.25, -0.2) is 29.1 Å². The molecule has 3 atom stereocenters. The quantitative estimate of drug-likeness (QED) is 0.0343. The number of alkyl halides is 3. The van der Waals surface area contributed by atoms with Crippen molar-refractivity contribution < 1.29 is 70.4 Å². The highest BCUT2D eigenvalue weighted by atomic mass is 35.5. The summed E-state index contributed by atoms with van der Waals surface area (Å²) in [6, 6.07) is 30.8. The summed E-state index contributed by atoms with van der Waals surface area (Å²) in [6.45, 7) is 14.9. The van der Waals surface area contributed by atoms with Crippen molar-refractivity contribution in [3.05, 3.63) is 161 Å². The van der Waals surface area contributed by atoms with Crippen LogP contribution in [0, 0.1) is 25.6 Å². The summed E-state index contributed by atoms with van der Waals surface area (Å²) in [6.07, 6.45) is -3.70. The zero-order valence-corrected chi connectivity index (χ0v) is 52.0. The van der Waals surface area contributed by atoms with Crippen LogP contribution in [0.1, 0.15) is 48.7 Å². The molecule has 1 fully saturated rings. The Morgan fingerprint density at radius 3 is 2.21 bits per heavy atom. The second kappa shape index (κ2) is 29.7. The number of halogens is 5. The molecule has 4 heterocycles. The molecule has 8 aromatic rings. The van der Waals surface area contributed by atoms with Crippen molar-refractivity contribution in [2.24, 2.45) is 11.7 Å². The number of methoxy groups -OCH3 is 1. The van der Waals surface area contributed by atoms with Gasteiger partial charge in [0.2, 0.25) is 23.8 Å². The number of quaternary nitrogens is 1. The summed E-state index contributed by atoms with van der Waals surface area (Å²) in [4.78, 5) is 69.3. The lowest BCUT2D eigenvalue weighted by Crippen LogP contribution is -2.57. The van der Waals surface area contributed by atoms with Gasteiger partial charge in [0, 0.05) is 53.9 Å². The Morgan fingerprint density at radius 2 is 1.54 bits per heavy atom. The number of aromatic nitrogens is 4. The number of rotatable bonds is 23. The number of hydrogen-bond acceptors (Lipinski definition) is 16. The Hall–Kier alpha value is -8.81. The van der Waals surface area contributed by atoms with Crippen LogP contribution < -0.4 is 40.4 Å². The highest BCUT2D eigenvalue weighted by Crippen LogP contribution is 2.49. The summed E-state index contributed by atoms with van der Waals surface area (Å²) in [7, 11) is 3.86. The van der Waals surface area contributed by atoms with Gasteiger partial charge in [-0.1, -0.05) is 80.0 Å². The molecule has 5 N–H and O–H groups in total. The maximum Gasteiger partial charge on any atom is 0.430 e. The summed E-state index contributed by atoms with van der Waals surface area (Å²) < 4.78 is 71.5. The van der Waals surface area contributed by atoms with Crippen LogP contribution in [0.4, 0.5) is 23.2 Å². The first-order valence-corrected chi connectivity index (χ1v) is 29.8. The number of aryl methyl sites for hydroxylation is 1. The van der Waals surface area contributed by atoms with Gasteiger partial charge in [-0.05, 0) is 109 Å². The number of hydrogen-bond donors (Lipinski definition) is 4. The molecule has 0 radical (unpaired) electrons. The molecule has 1 aliphatic heterocycles. The Labute approximate surface area is 526 Å². The molecule has 90 heavy (non-hydrogen) atoms. The molecule has 1 saturated heterocycles. The number of nitrogens with one attached hydrogen (secondary N) is 2. The number of ether oxygens (including phenoxy) is 4. The van der Waals surface area contributed by atoms with Gasteiger partial charge in [-0.3, -0.25) is 14.5 Å². The van der Waals surface area contributed by atoms with E-state index >= 15 is 0 Å².